The highest BCUT2D eigenvalue weighted by molar-refractivity contribution is 5.24. The normalized spacial score (nSPS) is 22.0. The van der Waals surface area contributed by atoms with Crippen LogP contribution in [-0.2, 0) is 6.54 Å². The van der Waals surface area contributed by atoms with Crippen molar-refractivity contribution in [3.05, 3.63) is 17.0 Å². The Morgan fingerprint density at radius 1 is 1.32 bits per heavy atom. The van der Waals surface area contributed by atoms with Gasteiger partial charge in [0.15, 0.2) is 0 Å². The molecule has 0 amide bonds. The first-order valence-corrected chi connectivity index (χ1v) is 7.25. The van der Waals surface area contributed by atoms with Gasteiger partial charge in [0, 0.05) is 11.7 Å². The maximum absolute atomic E-state index is 9.74. The number of aryl methyl sites for hydroxylation is 1. The van der Waals surface area contributed by atoms with E-state index in [1.807, 2.05) is 11.6 Å². The Hall–Kier alpha value is -1.34. The van der Waals surface area contributed by atoms with Gasteiger partial charge in [-0.05, 0) is 57.9 Å². The van der Waals surface area contributed by atoms with Crippen LogP contribution in [0.15, 0.2) is 0 Å². The van der Waals surface area contributed by atoms with Gasteiger partial charge in [-0.2, -0.15) is 10.4 Å². The highest BCUT2D eigenvalue weighted by Gasteiger charge is 2.48. The summed E-state index contributed by atoms with van der Waals surface area (Å²) in [6, 6.07) is 3.14. The first-order chi connectivity index (χ1) is 9.05. The van der Waals surface area contributed by atoms with Crippen molar-refractivity contribution >= 4 is 0 Å². The van der Waals surface area contributed by atoms with E-state index in [4.69, 9.17) is 0 Å². The molecule has 1 unspecified atom stereocenters. The van der Waals surface area contributed by atoms with Crippen LogP contribution < -0.4 is 5.32 Å². The third-order valence-corrected chi connectivity index (χ3v) is 4.66. The smallest absolute Gasteiger partial charge is 0.129 e. The van der Waals surface area contributed by atoms with Crippen molar-refractivity contribution in [1.29, 1.82) is 5.26 Å². The highest BCUT2D eigenvalue weighted by Crippen LogP contribution is 2.42. The summed E-state index contributed by atoms with van der Waals surface area (Å²) in [7, 11) is 0. The van der Waals surface area contributed by atoms with E-state index in [-0.39, 0.29) is 0 Å². The Bertz CT molecular complexity index is 531. The molecule has 19 heavy (non-hydrogen) atoms. The van der Waals surface area contributed by atoms with E-state index in [2.05, 4.69) is 30.3 Å². The minimum absolute atomic E-state index is 0.406. The van der Waals surface area contributed by atoms with Gasteiger partial charge in [-0.1, -0.05) is 0 Å². The van der Waals surface area contributed by atoms with Crippen molar-refractivity contribution in [3.8, 4) is 6.07 Å². The van der Waals surface area contributed by atoms with E-state index in [1.165, 1.54) is 36.9 Å². The second-order valence-corrected chi connectivity index (χ2v) is 6.23. The van der Waals surface area contributed by atoms with Gasteiger partial charge in [0.2, 0.25) is 0 Å². The molecule has 1 heterocycles. The van der Waals surface area contributed by atoms with E-state index in [1.54, 1.807) is 0 Å². The molecule has 2 aliphatic carbocycles. The molecule has 0 aliphatic heterocycles. The Morgan fingerprint density at radius 3 is 2.42 bits per heavy atom. The number of hydrogen-bond donors (Lipinski definition) is 1. The maximum atomic E-state index is 9.74. The molecule has 0 radical (unpaired) electrons. The summed E-state index contributed by atoms with van der Waals surface area (Å²) in [5.41, 5.74) is 3.10. The summed E-state index contributed by atoms with van der Waals surface area (Å²) in [5.74, 6) is 0.502. The maximum Gasteiger partial charge on any atom is 0.129 e. The number of aromatic nitrogens is 2. The minimum atomic E-state index is -0.406. The van der Waals surface area contributed by atoms with E-state index in [9.17, 15) is 5.26 Å². The molecular weight excluding hydrogens is 236 g/mol. The molecule has 2 fully saturated rings. The predicted molar refractivity (Wildman–Crippen MR) is 73.7 cm³/mol. The van der Waals surface area contributed by atoms with Crippen molar-refractivity contribution in [2.45, 2.75) is 64.6 Å². The number of nitrogens with one attached hydrogen (secondary N) is 1. The van der Waals surface area contributed by atoms with E-state index < -0.39 is 5.54 Å². The fourth-order valence-electron chi connectivity index (χ4n) is 2.80. The summed E-state index contributed by atoms with van der Waals surface area (Å²) in [4.78, 5) is 0. The molecule has 0 aromatic carbocycles. The summed E-state index contributed by atoms with van der Waals surface area (Å²) >= 11 is 0. The first kappa shape index (κ1) is 12.7. The third-order valence-electron chi connectivity index (χ3n) is 4.66. The van der Waals surface area contributed by atoms with Gasteiger partial charge in [0.1, 0.15) is 5.54 Å². The molecule has 0 saturated heterocycles. The lowest BCUT2D eigenvalue weighted by Gasteiger charge is -2.28. The van der Waals surface area contributed by atoms with Crippen molar-refractivity contribution in [2.75, 3.05) is 0 Å². The first-order valence-electron chi connectivity index (χ1n) is 7.25. The average molecular weight is 258 g/mol. The number of hydrogen-bond acceptors (Lipinski definition) is 3. The number of nitriles is 1. The Labute approximate surface area is 114 Å². The van der Waals surface area contributed by atoms with Gasteiger partial charge in [0.25, 0.3) is 0 Å². The van der Waals surface area contributed by atoms with Crippen molar-refractivity contribution in [1.82, 2.24) is 15.1 Å². The Kier molecular flexibility index (Phi) is 2.90. The minimum Gasteiger partial charge on any atom is -0.295 e. The molecule has 3 rings (SSSR count). The zero-order valence-electron chi connectivity index (χ0n) is 12.0. The summed E-state index contributed by atoms with van der Waals surface area (Å²) < 4.78 is 2.03. The molecule has 4 heteroatoms. The Morgan fingerprint density at radius 2 is 2.00 bits per heavy atom. The lowest BCUT2D eigenvalue weighted by Crippen LogP contribution is -2.51. The largest absolute Gasteiger partial charge is 0.295 e. The molecule has 2 aliphatic rings. The average Bonchev–Trinajstić information content (AvgIpc) is 3.26. The van der Waals surface area contributed by atoms with Gasteiger partial charge in [-0.25, -0.2) is 0 Å². The fourth-order valence-corrected chi connectivity index (χ4v) is 2.80. The summed E-state index contributed by atoms with van der Waals surface area (Å²) in [6.45, 7) is 6.93. The van der Waals surface area contributed by atoms with Crippen LogP contribution in [-0.4, -0.2) is 21.4 Å². The molecule has 102 valence electrons. The van der Waals surface area contributed by atoms with Gasteiger partial charge < -0.3 is 0 Å². The van der Waals surface area contributed by atoms with E-state index in [0.717, 1.165) is 5.69 Å². The van der Waals surface area contributed by atoms with Gasteiger partial charge in [0.05, 0.1) is 18.3 Å². The van der Waals surface area contributed by atoms with Crippen molar-refractivity contribution in [3.63, 3.8) is 0 Å². The van der Waals surface area contributed by atoms with E-state index >= 15 is 0 Å². The second-order valence-electron chi connectivity index (χ2n) is 6.23. The number of rotatable bonds is 5. The quantitative estimate of drug-likeness (QED) is 0.881. The van der Waals surface area contributed by atoms with Gasteiger partial charge >= 0.3 is 0 Å². The lowest BCUT2D eigenvalue weighted by atomic mass is 9.94. The zero-order chi connectivity index (χ0) is 13.6. The molecule has 0 spiro atoms. The lowest BCUT2D eigenvalue weighted by molar-refractivity contribution is 0.299. The van der Waals surface area contributed by atoms with Crippen LogP contribution in [0.5, 0.6) is 0 Å². The summed E-state index contributed by atoms with van der Waals surface area (Å²) in [6.07, 6.45) is 4.77. The summed E-state index contributed by atoms with van der Waals surface area (Å²) in [5, 5.41) is 17.9. The molecule has 1 N–H and O–H groups in total. The molecule has 0 bridgehead atoms. The standard InChI is InChI=1S/C15H22N4/c1-10-11(2)18-19(12(10)3)9-15(8-16,13-4-5-13)17-14-6-7-14/h13-14,17H,4-7,9H2,1-3H3. The molecule has 2 saturated carbocycles. The van der Waals surface area contributed by atoms with Crippen LogP contribution in [0.3, 0.4) is 0 Å². The molecule has 1 aromatic rings. The predicted octanol–water partition coefficient (Wildman–Crippen LogP) is 2.23. The molecule has 1 atom stereocenters. The molecule has 4 nitrogen and oxygen atoms in total. The van der Waals surface area contributed by atoms with Crippen molar-refractivity contribution < 1.29 is 0 Å². The molecular formula is C15H22N4. The van der Waals surface area contributed by atoms with Crippen LogP contribution >= 0.6 is 0 Å². The second kappa shape index (κ2) is 4.35. The van der Waals surface area contributed by atoms with E-state index in [0.29, 0.717) is 18.5 Å². The molecule has 1 aromatic heterocycles. The zero-order valence-corrected chi connectivity index (χ0v) is 12.0. The SMILES string of the molecule is Cc1nn(CC(C#N)(NC2CC2)C2CC2)c(C)c1C. The van der Waals surface area contributed by atoms with Crippen LogP contribution in [0.25, 0.3) is 0 Å². The van der Waals surface area contributed by atoms with Crippen molar-refractivity contribution in [2.24, 2.45) is 5.92 Å². The highest BCUT2D eigenvalue weighted by atomic mass is 15.3. The van der Waals surface area contributed by atoms with Gasteiger partial charge in [-0.3, -0.25) is 10.00 Å². The number of nitrogens with zero attached hydrogens (tertiary/aromatic N) is 3. The fraction of sp³-hybridized carbons (Fsp3) is 0.733. The Balaban J connectivity index is 1.87. The van der Waals surface area contributed by atoms with Gasteiger partial charge in [-0.15, -0.1) is 0 Å². The topological polar surface area (TPSA) is 53.6 Å². The van der Waals surface area contributed by atoms with Crippen LogP contribution in [0.4, 0.5) is 0 Å². The van der Waals surface area contributed by atoms with Crippen LogP contribution in [0.2, 0.25) is 0 Å². The third kappa shape index (κ3) is 2.28. The van der Waals surface area contributed by atoms with Crippen LogP contribution in [0, 0.1) is 38.0 Å². The monoisotopic (exact) mass is 258 g/mol. The van der Waals surface area contributed by atoms with Crippen LogP contribution in [0.1, 0.15) is 42.6 Å².